The highest BCUT2D eigenvalue weighted by Gasteiger charge is 2.26. The van der Waals surface area contributed by atoms with Gasteiger partial charge in [0.2, 0.25) is 0 Å². The quantitative estimate of drug-likeness (QED) is 0.607. The van der Waals surface area contributed by atoms with Gasteiger partial charge in [-0.15, -0.1) is 0 Å². The summed E-state index contributed by atoms with van der Waals surface area (Å²) in [5.74, 6) is -0.759. The second kappa shape index (κ2) is 9.00. The smallest absolute Gasteiger partial charge is 0.408 e. The van der Waals surface area contributed by atoms with Crippen molar-refractivity contribution in [2.75, 3.05) is 6.61 Å². The number of alkyl carbamates (subject to hydrolysis) is 1. The summed E-state index contributed by atoms with van der Waals surface area (Å²) >= 11 is 0. The van der Waals surface area contributed by atoms with E-state index in [2.05, 4.69) is 10.3 Å². The topological polar surface area (TPSA) is 94.6 Å². The summed E-state index contributed by atoms with van der Waals surface area (Å²) in [5, 5.41) is 2.46. The highest BCUT2D eigenvalue weighted by molar-refractivity contribution is 5.96. The average Bonchev–Trinajstić information content (AvgIpc) is 2.50. The number of esters is 1. The Balaban J connectivity index is 2.67. The number of ether oxygens (including phenoxy) is 2. The molecule has 0 saturated heterocycles. The second-order valence-corrected chi connectivity index (χ2v) is 6.15. The van der Waals surface area contributed by atoms with E-state index in [0.29, 0.717) is 5.56 Å². The highest BCUT2D eigenvalue weighted by atomic mass is 16.6. The van der Waals surface area contributed by atoms with Crippen molar-refractivity contribution in [2.24, 2.45) is 0 Å². The van der Waals surface area contributed by atoms with Crippen molar-refractivity contribution >= 4 is 17.8 Å². The molecule has 0 aromatic carbocycles. The zero-order valence-corrected chi connectivity index (χ0v) is 14.5. The highest BCUT2D eigenvalue weighted by Crippen LogP contribution is 2.10. The van der Waals surface area contributed by atoms with Crippen LogP contribution in [0.15, 0.2) is 24.5 Å². The predicted octanol–water partition coefficient (Wildman–Crippen LogP) is 2.50. The van der Waals surface area contributed by atoms with Gasteiger partial charge in [0.1, 0.15) is 11.6 Å². The lowest BCUT2D eigenvalue weighted by molar-refractivity contribution is -0.145. The summed E-state index contributed by atoms with van der Waals surface area (Å²) in [6, 6.07) is 2.37. The molecule has 1 aromatic rings. The van der Waals surface area contributed by atoms with Gasteiger partial charge in [0.05, 0.1) is 6.61 Å². The number of pyridine rings is 1. The molecule has 24 heavy (non-hydrogen) atoms. The van der Waals surface area contributed by atoms with Gasteiger partial charge < -0.3 is 14.8 Å². The van der Waals surface area contributed by atoms with Gasteiger partial charge in [0.25, 0.3) is 0 Å². The van der Waals surface area contributed by atoms with Crippen molar-refractivity contribution in [3.05, 3.63) is 30.1 Å². The van der Waals surface area contributed by atoms with Crippen molar-refractivity contribution in [2.45, 2.75) is 52.2 Å². The Hall–Kier alpha value is -2.44. The molecule has 1 amide bonds. The molecule has 1 rings (SSSR count). The molecule has 0 radical (unpaired) electrons. The monoisotopic (exact) mass is 336 g/mol. The number of carbonyl (C=O) groups is 3. The van der Waals surface area contributed by atoms with Crippen LogP contribution >= 0.6 is 0 Å². The fraction of sp³-hybridized carbons (Fsp3) is 0.529. The van der Waals surface area contributed by atoms with Crippen molar-refractivity contribution in [3.8, 4) is 0 Å². The van der Waals surface area contributed by atoms with E-state index in [9.17, 15) is 14.4 Å². The van der Waals surface area contributed by atoms with Crippen molar-refractivity contribution in [3.63, 3.8) is 0 Å². The van der Waals surface area contributed by atoms with Crippen LogP contribution in [0.2, 0.25) is 0 Å². The fourth-order valence-corrected chi connectivity index (χ4v) is 1.89. The third-order valence-corrected chi connectivity index (χ3v) is 2.91. The number of hydrogen-bond acceptors (Lipinski definition) is 6. The van der Waals surface area contributed by atoms with Crippen LogP contribution in [-0.2, 0) is 14.3 Å². The molecule has 0 aliphatic heterocycles. The molecule has 0 fully saturated rings. The number of nitrogens with one attached hydrogen (secondary N) is 1. The average molecular weight is 336 g/mol. The third kappa shape index (κ3) is 7.21. The maximum atomic E-state index is 12.1. The summed E-state index contributed by atoms with van der Waals surface area (Å²) < 4.78 is 10.1. The van der Waals surface area contributed by atoms with Crippen LogP contribution in [-0.4, -0.2) is 41.1 Å². The van der Waals surface area contributed by atoms with E-state index in [1.54, 1.807) is 46.0 Å². The number of ketones is 1. The lowest BCUT2D eigenvalue weighted by Gasteiger charge is -2.22. The Morgan fingerprint density at radius 3 is 2.54 bits per heavy atom. The van der Waals surface area contributed by atoms with Gasteiger partial charge >= 0.3 is 12.1 Å². The van der Waals surface area contributed by atoms with Crippen LogP contribution in [0.1, 0.15) is 50.9 Å². The van der Waals surface area contributed by atoms with Crippen LogP contribution in [0.25, 0.3) is 0 Å². The van der Waals surface area contributed by atoms with E-state index in [4.69, 9.17) is 9.47 Å². The number of rotatable bonds is 7. The molecule has 0 bridgehead atoms. The first-order valence-electron chi connectivity index (χ1n) is 7.82. The summed E-state index contributed by atoms with van der Waals surface area (Å²) in [6.45, 7) is 7.01. The Labute approximate surface area is 141 Å². The summed E-state index contributed by atoms with van der Waals surface area (Å²) in [7, 11) is 0. The zero-order chi connectivity index (χ0) is 18.2. The van der Waals surface area contributed by atoms with Gasteiger partial charge in [-0.3, -0.25) is 9.78 Å². The summed E-state index contributed by atoms with van der Waals surface area (Å²) in [4.78, 5) is 39.8. The molecule has 1 N–H and O–H groups in total. The van der Waals surface area contributed by atoms with Crippen LogP contribution in [0.5, 0.6) is 0 Å². The first kappa shape index (κ1) is 19.6. The molecule has 1 atom stereocenters. The Kier molecular flexibility index (Phi) is 7.35. The molecule has 132 valence electrons. The standard InChI is InChI=1S/C17H24N2O5/c1-5-23-15(21)13(19-16(22)24-17(2,3)4)8-9-14(20)12-7-6-10-18-11-12/h6-7,10-11,13H,5,8-9H2,1-4H3,(H,19,22)/t13-/m1/s1. The Morgan fingerprint density at radius 1 is 1.29 bits per heavy atom. The van der Waals surface area contributed by atoms with E-state index in [-0.39, 0.29) is 25.2 Å². The van der Waals surface area contributed by atoms with Gasteiger partial charge in [-0.05, 0) is 46.2 Å². The minimum absolute atomic E-state index is 0.0744. The van der Waals surface area contributed by atoms with E-state index in [1.807, 2.05) is 0 Å². The van der Waals surface area contributed by atoms with Gasteiger partial charge in [0, 0.05) is 24.4 Å². The number of amides is 1. The van der Waals surface area contributed by atoms with E-state index >= 15 is 0 Å². The van der Waals surface area contributed by atoms with Crippen molar-refractivity contribution < 1.29 is 23.9 Å². The zero-order valence-electron chi connectivity index (χ0n) is 14.5. The van der Waals surface area contributed by atoms with Crippen LogP contribution in [0.3, 0.4) is 0 Å². The fourth-order valence-electron chi connectivity index (χ4n) is 1.89. The SMILES string of the molecule is CCOC(=O)[C@@H](CCC(=O)c1cccnc1)NC(=O)OC(C)(C)C. The normalized spacial score (nSPS) is 12.2. The predicted molar refractivity (Wildman–Crippen MR) is 87.6 cm³/mol. The maximum absolute atomic E-state index is 12.1. The maximum Gasteiger partial charge on any atom is 0.408 e. The van der Waals surface area contributed by atoms with Crippen LogP contribution in [0, 0.1) is 0 Å². The molecule has 0 spiro atoms. The summed E-state index contributed by atoms with van der Waals surface area (Å²) in [6.07, 6.45) is 2.50. The number of Topliss-reactive ketones (excluding diaryl/α,β-unsaturated/α-hetero) is 1. The van der Waals surface area contributed by atoms with E-state index in [0.717, 1.165) is 0 Å². The van der Waals surface area contributed by atoms with Crippen molar-refractivity contribution in [1.29, 1.82) is 0 Å². The van der Waals surface area contributed by atoms with Gasteiger partial charge in [-0.2, -0.15) is 0 Å². The van der Waals surface area contributed by atoms with Crippen LogP contribution in [0.4, 0.5) is 4.79 Å². The minimum Gasteiger partial charge on any atom is -0.464 e. The summed E-state index contributed by atoms with van der Waals surface area (Å²) in [5.41, 5.74) is -0.230. The van der Waals surface area contributed by atoms with E-state index in [1.165, 1.54) is 6.20 Å². The molecule has 0 aliphatic carbocycles. The largest absolute Gasteiger partial charge is 0.464 e. The lowest BCUT2D eigenvalue weighted by Crippen LogP contribution is -2.44. The first-order valence-corrected chi connectivity index (χ1v) is 7.82. The first-order chi connectivity index (χ1) is 11.2. The molecular weight excluding hydrogens is 312 g/mol. The van der Waals surface area contributed by atoms with Gasteiger partial charge in [0.15, 0.2) is 5.78 Å². The molecule has 1 heterocycles. The van der Waals surface area contributed by atoms with Crippen LogP contribution < -0.4 is 5.32 Å². The molecular formula is C17H24N2O5. The lowest BCUT2D eigenvalue weighted by atomic mass is 10.0. The number of aromatic nitrogens is 1. The molecule has 0 unspecified atom stereocenters. The number of carbonyl (C=O) groups excluding carboxylic acids is 3. The van der Waals surface area contributed by atoms with Gasteiger partial charge in [-0.1, -0.05) is 0 Å². The third-order valence-electron chi connectivity index (χ3n) is 2.91. The number of hydrogen-bond donors (Lipinski definition) is 1. The second-order valence-electron chi connectivity index (χ2n) is 6.15. The molecule has 0 saturated carbocycles. The molecule has 7 heteroatoms. The molecule has 0 aliphatic rings. The Morgan fingerprint density at radius 2 is 2.00 bits per heavy atom. The Bertz CT molecular complexity index is 566. The molecule has 7 nitrogen and oxygen atoms in total. The van der Waals surface area contributed by atoms with Crippen molar-refractivity contribution in [1.82, 2.24) is 10.3 Å². The van der Waals surface area contributed by atoms with E-state index < -0.39 is 23.7 Å². The molecule has 1 aromatic heterocycles. The number of nitrogens with zero attached hydrogens (tertiary/aromatic N) is 1. The minimum atomic E-state index is -0.944. The van der Waals surface area contributed by atoms with Gasteiger partial charge in [-0.25, -0.2) is 9.59 Å².